The number of carbonyl (C=O) groups excluding carboxylic acids is 1. The molecule has 2 aliphatic heterocycles. The first kappa shape index (κ1) is 16.6. The molecule has 0 aromatic rings. The highest BCUT2D eigenvalue weighted by Gasteiger charge is 2.65. The van der Waals surface area contributed by atoms with Crippen LogP contribution in [0.5, 0.6) is 0 Å². The first-order valence-corrected chi connectivity index (χ1v) is 11.8. The van der Waals surface area contributed by atoms with Crippen LogP contribution >= 0.6 is 0 Å². The molecule has 4 saturated carbocycles. The van der Waals surface area contributed by atoms with E-state index in [0.717, 1.165) is 25.7 Å². The fourth-order valence-corrected chi connectivity index (χ4v) is 10.4. The molecule has 6 aliphatic rings. The van der Waals surface area contributed by atoms with E-state index in [-0.39, 0.29) is 23.1 Å². The van der Waals surface area contributed by atoms with Crippen molar-refractivity contribution in [3.63, 3.8) is 0 Å². The maximum atomic E-state index is 13.1. The Hall–Kier alpha value is -0.580. The van der Waals surface area contributed by atoms with Gasteiger partial charge in [0.1, 0.15) is 10.9 Å². The van der Waals surface area contributed by atoms with E-state index >= 15 is 0 Å². The molecule has 0 aromatic heterocycles. The van der Waals surface area contributed by atoms with Gasteiger partial charge in [0.05, 0.1) is 11.2 Å². The van der Waals surface area contributed by atoms with Crippen LogP contribution in [0.4, 0.5) is 0 Å². The van der Waals surface area contributed by atoms with Crippen molar-refractivity contribution in [1.82, 2.24) is 0 Å². The van der Waals surface area contributed by atoms with Crippen LogP contribution in [0.3, 0.4) is 0 Å². The average Bonchev–Trinajstić information content (AvgIpc) is 3.10. The van der Waals surface area contributed by atoms with Gasteiger partial charge in [0, 0.05) is 5.92 Å². The van der Waals surface area contributed by atoms with Gasteiger partial charge >= 0.3 is 5.97 Å². The predicted molar refractivity (Wildman–Crippen MR) is 94.5 cm³/mol. The minimum Gasteiger partial charge on any atom is -0.457 e. The summed E-state index contributed by atoms with van der Waals surface area (Å²) < 4.78 is 32.0. The summed E-state index contributed by atoms with van der Waals surface area (Å²) in [4.78, 5) is 13.1. The van der Waals surface area contributed by atoms with Crippen LogP contribution in [0.15, 0.2) is 0 Å². The third-order valence-electron chi connectivity index (χ3n) is 9.14. The quantitative estimate of drug-likeness (QED) is 0.704. The number of hydrogen-bond acceptors (Lipinski definition) is 4. The molecule has 10 unspecified atom stereocenters. The van der Waals surface area contributed by atoms with Crippen LogP contribution in [-0.4, -0.2) is 30.5 Å². The minimum absolute atomic E-state index is 0.00656. The van der Waals surface area contributed by atoms with E-state index in [4.69, 9.17) is 4.74 Å². The van der Waals surface area contributed by atoms with Gasteiger partial charge in [0.15, 0.2) is 9.84 Å². The summed E-state index contributed by atoms with van der Waals surface area (Å²) in [7, 11) is -3.15. The van der Waals surface area contributed by atoms with E-state index < -0.39 is 20.7 Å². The Morgan fingerprint density at radius 1 is 1.00 bits per heavy atom. The van der Waals surface area contributed by atoms with Crippen LogP contribution in [0.25, 0.3) is 0 Å². The number of carbonyl (C=O) groups is 1. The Morgan fingerprint density at radius 2 is 1.76 bits per heavy atom. The smallest absolute Gasteiger partial charge is 0.309 e. The lowest BCUT2D eigenvalue weighted by Gasteiger charge is -2.58. The summed E-state index contributed by atoms with van der Waals surface area (Å²) >= 11 is 0. The molecular weight excluding hydrogens is 336 g/mol. The zero-order valence-corrected chi connectivity index (χ0v) is 16.3. The van der Waals surface area contributed by atoms with Gasteiger partial charge < -0.3 is 4.74 Å². The molecule has 0 spiro atoms. The molecule has 0 radical (unpaired) electrons. The highest BCUT2D eigenvalue weighted by molar-refractivity contribution is 7.92. The zero-order chi connectivity index (χ0) is 17.7. The highest BCUT2D eigenvalue weighted by Crippen LogP contribution is 2.59. The van der Waals surface area contributed by atoms with Crippen LogP contribution < -0.4 is 0 Å². The van der Waals surface area contributed by atoms with Crippen LogP contribution in [0, 0.1) is 41.4 Å². The molecule has 6 rings (SSSR count). The topological polar surface area (TPSA) is 60.4 Å². The van der Waals surface area contributed by atoms with Gasteiger partial charge in [-0.1, -0.05) is 13.8 Å². The predicted octanol–water partition coefficient (Wildman–Crippen LogP) is 3.20. The SMILES string of the molecule is CC1C2CC(C(=O)OC3(C)C4CC5CC(C4)S(=O)(=O)C3C5)C(C2)C1C. The molecular formula is C20H30O4S. The van der Waals surface area contributed by atoms with Crippen molar-refractivity contribution in [3.8, 4) is 0 Å². The number of ether oxygens (including phenoxy) is 1. The van der Waals surface area contributed by atoms with Crippen molar-refractivity contribution in [2.24, 2.45) is 41.4 Å². The van der Waals surface area contributed by atoms with Crippen LogP contribution in [-0.2, 0) is 19.4 Å². The second-order valence-corrected chi connectivity index (χ2v) is 12.4. The number of fused-ring (bicyclic) bond motifs is 2. The Morgan fingerprint density at radius 3 is 2.44 bits per heavy atom. The summed E-state index contributed by atoms with van der Waals surface area (Å²) in [6, 6.07) is 0. The summed E-state index contributed by atoms with van der Waals surface area (Å²) in [6.45, 7) is 6.50. The van der Waals surface area contributed by atoms with Gasteiger partial charge in [-0.15, -0.1) is 0 Å². The Bertz CT molecular complexity index is 713. The molecule has 10 atom stereocenters. The van der Waals surface area contributed by atoms with Crippen LogP contribution in [0.2, 0.25) is 0 Å². The first-order valence-electron chi connectivity index (χ1n) is 10.2. The van der Waals surface area contributed by atoms with E-state index in [9.17, 15) is 13.2 Å². The third-order valence-corrected chi connectivity index (χ3v) is 11.9. The molecule has 2 saturated heterocycles. The van der Waals surface area contributed by atoms with Gasteiger partial charge in [0.2, 0.25) is 0 Å². The van der Waals surface area contributed by atoms with Gasteiger partial charge in [0.25, 0.3) is 0 Å². The van der Waals surface area contributed by atoms with Crippen molar-refractivity contribution in [2.75, 3.05) is 0 Å². The first-order chi connectivity index (χ1) is 11.7. The van der Waals surface area contributed by atoms with E-state index in [1.54, 1.807) is 0 Å². The van der Waals surface area contributed by atoms with Gasteiger partial charge in [-0.2, -0.15) is 0 Å². The molecule has 5 heteroatoms. The maximum absolute atomic E-state index is 13.1. The van der Waals surface area contributed by atoms with Gasteiger partial charge in [-0.25, -0.2) is 8.42 Å². The molecule has 6 bridgehead atoms. The molecule has 25 heavy (non-hydrogen) atoms. The van der Waals surface area contributed by atoms with Crippen molar-refractivity contribution in [2.45, 2.75) is 75.4 Å². The lowest BCUT2D eigenvalue weighted by Crippen LogP contribution is -2.66. The van der Waals surface area contributed by atoms with Gasteiger partial charge in [-0.05, 0) is 75.0 Å². The lowest BCUT2D eigenvalue weighted by atomic mass is 9.63. The van der Waals surface area contributed by atoms with Crippen molar-refractivity contribution in [1.29, 1.82) is 0 Å². The molecule has 4 aliphatic carbocycles. The highest BCUT2D eigenvalue weighted by atomic mass is 32.2. The fraction of sp³-hybridized carbons (Fsp3) is 0.950. The maximum Gasteiger partial charge on any atom is 0.309 e. The lowest BCUT2D eigenvalue weighted by molar-refractivity contribution is -0.180. The third kappa shape index (κ3) is 2.05. The number of sulfone groups is 1. The minimum atomic E-state index is -3.15. The summed E-state index contributed by atoms with van der Waals surface area (Å²) in [5.74, 6) is 3.00. The van der Waals surface area contributed by atoms with Crippen molar-refractivity contribution >= 4 is 15.8 Å². The standard InChI is InChI=1S/C20H30O4S/c1-10-11(2)16-7-13(10)8-17(16)19(21)24-20(3)14-4-12-5-15(9-14)25(22,23)18(20)6-12/h10-18H,4-9H2,1-3H3. The molecule has 140 valence electrons. The number of rotatable bonds is 2. The number of hydrogen-bond donors (Lipinski definition) is 0. The summed E-state index contributed by atoms with van der Waals surface area (Å²) in [5, 5.41) is -0.639. The van der Waals surface area contributed by atoms with Crippen molar-refractivity contribution < 1.29 is 17.9 Å². The molecule has 0 aromatic carbocycles. The Kier molecular flexibility index (Phi) is 3.33. The molecule has 0 N–H and O–H groups in total. The molecule has 2 heterocycles. The van der Waals surface area contributed by atoms with E-state index in [1.807, 2.05) is 6.92 Å². The molecule has 4 nitrogen and oxygen atoms in total. The largest absolute Gasteiger partial charge is 0.457 e. The second kappa shape index (κ2) is 5.02. The van der Waals surface area contributed by atoms with E-state index in [0.29, 0.717) is 42.4 Å². The van der Waals surface area contributed by atoms with E-state index in [1.165, 1.54) is 0 Å². The summed E-state index contributed by atoms with van der Waals surface area (Å²) in [5.41, 5.74) is -0.792. The molecule has 6 fully saturated rings. The molecule has 0 amide bonds. The van der Waals surface area contributed by atoms with Crippen LogP contribution in [0.1, 0.15) is 59.3 Å². The monoisotopic (exact) mass is 366 g/mol. The Balaban J connectivity index is 1.40. The summed E-state index contributed by atoms with van der Waals surface area (Å²) in [6.07, 6.45) is 5.36. The zero-order valence-electron chi connectivity index (χ0n) is 15.5. The van der Waals surface area contributed by atoms with Crippen molar-refractivity contribution in [3.05, 3.63) is 0 Å². The number of esters is 1. The van der Waals surface area contributed by atoms with Gasteiger partial charge in [-0.3, -0.25) is 4.79 Å². The average molecular weight is 367 g/mol. The van der Waals surface area contributed by atoms with E-state index in [2.05, 4.69) is 13.8 Å². The normalized spacial score (nSPS) is 57.8. The second-order valence-electron chi connectivity index (χ2n) is 10.0. The Labute approximate surface area is 151 Å². The fourth-order valence-electron chi connectivity index (χ4n) is 7.45.